The van der Waals surface area contributed by atoms with Crippen molar-refractivity contribution in [1.29, 1.82) is 0 Å². The smallest absolute Gasteiger partial charge is 0.267 e. The average Bonchev–Trinajstić information content (AvgIpc) is 3.53. The van der Waals surface area contributed by atoms with Crippen LogP contribution in [0, 0.1) is 6.92 Å². The van der Waals surface area contributed by atoms with Gasteiger partial charge in [0.2, 0.25) is 17.6 Å². The lowest BCUT2D eigenvalue weighted by Crippen LogP contribution is -2.39. The number of nitrogens with zero attached hydrogens (tertiary/aromatic N) is 5. The summed E-state index contributed by atoms with van der Waals surface area (Å²) in [7, 11) is 0. The van der Waals surface area contributed by atoms with Crippen LogP contribution in [0.25, 0.3) is 22.4 Å². The fraction of sp³-hybridized carbons (Fsp3) is 0.292. The van der Waals surface area contributed by atoms with Crippen LogP contribution in [0.2, 0.25) is 0 Å². The summed E-state index contributed by atoms with van der Waals surface area (Å²) in [5.74, 6) is 0.133. The first-order valence-corrected chi connectivity index (χ1v) is 12.1. The molecule has 5 rings (SSSR count). The Bertz CT molecular complexity index is 1440. The van der Waals surface area contributed by atoms with Gasteiger partial charge in [-0.25, -0.2) is 4.57 Å². The molecule has 1 aliphatic rings. The summed E-state index contributed by atoms with van der Waals surface area (Å²) < 4.78 is 3.33. The van der Waals surface area contributed by atoms with E-state index < -0.39 is 0 Å². The zero-order valence-corrected chi connectivity index (χ0v) is 19.5. The molecule has 1 aliphatic heterocycles. The van der Waals surface area contributed by atoms with Crippen molar-refractivity contribution in [1.82, 2.24) is 29.4 Å². The lowest BCUT2D eigenvalue weighted by atomic mass is 10.2. The first-order valence-electron chi connectivity index (χ1n) is 11.2. The summed E-state index contributed by atoms with van der Waals surface area (Å²) in [6.07, 6.45) is 2.02. The van der Waals surface area contributed by atoms with Gasteiger partial charge >= 0.3 is 0 Å². The molecule has 2 amide bonds. The fourth-order valence-electron chi connectivity index (χ4n) is 4.13. The first kappa shape index (κ1) is 22.1. The van der Waals surface area contributed by atoms with Gasteiger partial charge in [-0.05, 0) is 44.0 Å². The molecule has 10 heteroatoms. The van der Waals surface area contributed by atoms with E-state index in [-0.39, 0.29) is 29.7 Å². The summed E-state index contributed by atoms with van der Waals surface area (Å²) in [6, 6.07) is 14.9. The highest BCUT2D eigenvalue weighted by atomic mass is 32.2. The molecule has 174 valence electrons. The van der Waals surface area contributed by atoms with E-state index in [0.29, 0.717) is 27.5 Å². The number of carbonyl (C=O) groups excluding carboxylic acids is 2. The van der Waals surface area contributed by atoms with Gasteiger partial charge in [0.05, 0.1) is 28.9 Å². The summed E-state index contributed by atoms with van der Waals surface area (Å²) in [4.78, 5) is 39.7. The van der Waals surface area contributed by atoms with Crippen molar-refractivity contribution in [3.05, 3.63) is 64.4 Å². The molecule has 0 unspecified atom stereocenters. The summed E-state index contributed by atoms with van der Waals surface area (Å²) in [5.41, 5.74) is 2.26. The van der Waals surface area contributed by atoms with Gasteiger partial charge in [-0.1, -0.05) is 41.6 Å². The molecule has 0 bridgehead atoms. The number of benzene rings is 2. The van der Waals surface area contributed by atoms with Crippen molar-refractivity contribution in [3.63, 3.8) is 0 Å². The average molecular weight is 477 g/mol. The van der Waals surface area contributed by atoms with E-state index in [1.165, 1.54) is 16.3 Å². The van der Waals surface area contributed by atoms with Crippen LogP contribution < -0.4 is 10.9 Å². The van der Waals surface area contributed by atoms with Crippen molar-refractivity contribution in [2.75, 3.05) is 25.4 Å². The van der Waals surface area contributed by atoms with Crippen molar-refractivity contribution < 1.29 is 9.59 Å². The Balaban J connectivity index is 1.43. The highest BCUT2D eigenvalue weighted by Gasteiger charge is 2.20. The van der Waals surface area contributed by atoms with E-state index in [0.717, 1.165) is 31.5 Å². The maximum absolute atomic E-state index is 13.3. The predicted molar refractivity (Wildman–Crippen MR) is 130 cm³/mol. The third kappa shape index (κ3) is 4.16. The molecule has 1 N–H and O–H groups in total. The molecule has 1 fully saturated rings. The van der Waals surface area contributed by atoms with Gasteiger partial charge in [-0.15, -0.1) is 10.2 Å². The van der Waals surface area contributed by atoms with Gasteiger partial charge in [0, 0.05) is 13.1 Å². The van der Waals surface area contributed by atoms with E-state index in [2.05, 4.69) is 15.5 Å². The Morgan fingerprint density at radius 3 is 2.53 bits per heavy atom. The third-order valence-corrected chi connectivity index (χ3v) is 6.84. The number of amides is 2. The number of rotatable bonds is 6. The lowest BCUT2D eigenvalue weighted by molar-refractivity contribution is -0.131. The Hall–Kier alpha value is -3.66. The number of carbonyl (C=O) groups is 2. The van der Waals surface area contributed by atoms with Crippen LogP contribution in [0.4, 0.5) is 0 Å². The minimum atomic E-state index is -0.259. The second-order valence-electron chi connectivity index (χ2n) is 8.26. The summed E-state index contributed by atoms with van der Waals surface area (Å²) in [5, 5.41) is 12.3. The second kappa shape index (κ2) is 9.30. The van der Waals surface area contributed by atoms with Crippen molar-refractivity contribution in [2.45, 2.75) is 24.9 Å². The molecule has 3 heterocycles. The van der Waals surface area contributed by atoms with Crippen molar-refractivity contribution in [2.24, 2.45) is 0 Å². The van der Waals surface area contributed by atoms with E-state index >= 15 is 0 Å². The van der Waals surface area contributed by atoms with Crippen LogP contribution >= 0.6 is 11.8 Å². The maximum Gasteiger partial charge on any atom is 0.267 e. The molecule has 2 aromatic carbocycles. The molecule has 2 aromatic heterocycles. The van der Waals surface area contributed by atoms with Crippen LogP contribution in [-0.4, -0.2) is 61.3 Å². The quantitative estimate of drug-likeness (QED) is 0.428. The van der Waals surface area contributed by atoms with Crippen LogP contribution in [0.1, 0.15) is 18.4 Å². The van der Waals surface area contributed by atoms with Crippen LogP contribution in [0.3, 0.4) is 0 Å². The van der Waals surface area contributed by atoms with Gasteiger partial charge < -0.3 is 10.2 Å². The van der Waals surface area contributed by atoms with Gasteiger partial charge in [-0.3, -0.25) is 18.8 Å². The van der Waals surface area contributed by atoms with E-state index in [9.17, 15) is 14.4 Å². The zero-order chi connectivity index (χ0) is 23.7. The first-order chi connectivity index (χ1) is 16.5. The molecule has 4 aromatic rings. The number of nitrogens with one attached hydrogen (secondary N) is 1. The Morgan fingerprint density at radius 1 is 1.03 bits per heavy atom. The van der Waals surface area contributed by atoms with Gasteiger partial charge in [-0.2, -0.15) is 0 Å². The largest absolute Gasteiger partial charge is 0.346 e. The SMILES string of the molecule is Cc1ccc(-n2c(=O)c3ccccc3n3c(SCC(=O)NCC(=O)N4CCCC4)nnc23)cc1. The number of hydrogen-bond acceptors (Lipinski definition) is 6. The number of aryl methyl sites for hydroxylation is 1. The molecule has 9 nitrogen and oxygen atoms in total. The normalized spacial score (nSPS) is 13.6. The zero-order valence-electron chi connectivity index (χ0n) is 18.7. The lowest BCUT2D eigenvalue weighted by Gasteiger charge is -2.15. The van der Waals surface area contributed by atoms with Crippen LogP contribution in [-0.2, 0) is 9.59 Å². The van der Waals surface area contributed by atoms with Gasteiger partial charge in [0.25, 0.3) is 5.56 Å². The van der Waals surface area contributed by atoms with E-state index in [4.69, 9.17) is 0 Å². The molecule has 0 radical (unpaired) electrons. The van der Waals surface area contributed by atoms with Crippen LogP contribution in [0.15, 0.2) is 58.5 Å². The molecule has 1 saturated heterocycles. The molecular weight excluding hydrogens is 452 g/mol. The number of likely N-dealkylation sites (tertiary alicyclic amines) is 1. The second-order valence-corrected chi connectivity index (χ2v) is 9.21. The predicted octanol–water partition coefficient (Wildman–Crippen LogP) is 2.17. The number of hydrogen-bond donors (Lipinski definition) is 1. The standard InChI is InChI=1S/C24H24N6O3S/c1-16-8-10-17(11-9-16)29-22(33)18-6-2-3-7-19(18)30-23(29)26-27-24(30)34-15-20(31)25-14-21(32)28-12-4-5-13-28/h2-3,6-11H,4-5,12-15H2,1H3,(H,25,31). The third-order valence-electron chi connectivity index (χ3n) is 5.91. The minimum Gasteiger partial charge on any atom is -0.346 e. The minimum absolute atomic E-state index is 0.00410. The molecular formula is C24H24N6O3S. The molecule has 0 atom stereocenters. The number of para-hydroxylation sites is 1. The number of fused-ring (bicyclic) bond motifs is 3. The van der Waals surface area contributed by atoms with Crippen LogP contribution in [0.5, 0.6) is 0 Å². The topological polar surface area (TPSA) is 102 Å². The monoisotopic (exact) mass is 476 g/mol. The fourth-order valence-corrected chi connectivity index (χ4v) is 4.90. The Morgan fingerprint density at radius 2 is 1.76 bits per heavy atom. The highest BCUT2D eigenvalue weighted by Crippen LogP contribution is 2.23. The Kier molecular flexibility index (Phi) is 6.06. The number of thioether (sulfide) groups is 1. The molecule has 0 spiro atoms. The Labute approximate surface area is 199 Å². The molecule has 0 saturated carbocycles. The summed E-state index contributed by atoms with van der Waals surface area (Å²) in [6.45, 7) is 3.49. The highest BCUT2D eigenvalue weighted by molar-refractivity contribution is 7.99. The number of aromatic nitrogens is 4. The van der Waals surface area contributed by atoms with E-state index in [1.54, 1.807) is 15.4 Å². The maximum atomic E-state index is 13.3. The van der Waals surface area contributed by atoms with Crippen molar-refractivity contribution >= 4 is 40.3 Å². The molecule has 0 aliphatic carbocycles. The van der Waals surface area contributed by atoms with E-state index in [1.807, 2.05) is 49.4 Å². The van der Waals surface area contributed by atoms with Crippen molar-refractivity contribution in [3.8, 4) is 5.69 Å². The van der Waals surface area contributed by atoms with Gasteiger partial charge in [0.15, 0.2) is 5.16 Å². The summed E-state index contributed by atoms with van der Waals surface area (Å²) >= 11 is 1.21. The molecule has 34 heavy (non-hydrogen) atoms. The van der Waals surface area contributed by atoms with Gasteiger partial charge in [0.1, 0.15) is 0 Å².